The molecule has 6 heteroatoms. The largest absolute Gasteiger partial charge is 0.354 e. The maximum absolute atomic E-state index is 11.6. The normalized spacial score (nSPS) is 10.6. The van der Waals surface area contributed by atoms with Crippen molar-refractivity contribution in [1.29, 1.82) is 0 Å². The molecule has 19 heavy (non-hydrogen) atoms. The van der Waals surface area contributed by atoms with Gasteiger partial charge in [0.2, 0.25) is 5.91 Å². The fourth-order valence-electron chi connectivity index (χ4n) is 1.34. The minimum atomic E-state index is 0. The van der Waals surface area contributed by atoms with E-state index in [9.17, 15) is 4.79 Å². The Balaban J connectivity index is -0.00000128. The van der Waals surface area contributed by atoms with Crippen molar-refractivity contribution in [2.45, 2.75) is 51.5 Å². The summed E-state index contributed by atoms with van der Waals surface area (Å²) in [6.45, 7) is 5.69. The molecule has 0 saturated heterocycles. The molecule has 4 nitrogen and oxygen atoms in total. The van der Waals surface area contributed by atoms with Crippen molar-refractivity contribution >= 4 is 30.7 Å². The van der Waals surface area contributed by atoms with E-state index in [2.05, 4.69) is 24.1 Å². The smallest absolute Gasteiger partial charge is 0.220 e. The van der Waals surface area contributed by atoms with Crippen LogP contribution >= 0.6 is 24.8 Å². The Morgan fingerprint density at radius 1 is 1.11 bits per heavy atom. The van der Waals surface area contributed by atoms with Crippen molar-refractivity contribution < 1.29 is 4.79 Å². The van der Waals surface area contributed by atoms with Gasteiger partial charge in [0.25, 0.3) is 0 Å². The SMILES string of the molecule is CN(C)C(C)(C)CNC(=O)CCCCCCN.Cl.Cl. The van der Waals surface area contributed by atoms with Crippen LogP contribution in [0.5, 0.6) is 0 Å². The molecule has 0 bridgehead atoms. The fraction of sp³-hybridized carbons (Fsp3) is 0.923. The van der Waals surface area contributed by atoms with E-state index < -0.39 is 0 Å². The van der Waals surface area contributed by atoms with Crippen molar-refractivity contribution in [3.63, 3.8) is 0 Å². The first-order chi connectivity index (χ1) is 7.90. The van der Waals surface area contributed by atoms with Gasteiger partial charge in [-0.25, -0.2) is 0 Å². The van der Waals surface area contributed by atoms with E-state index in [-0.39, 0.29) is 36.3 Å². The minimum absolute atomic E-state index is 0. The fourth-order valence-corrected chi connectivity index (χ4v) is 1.34. The first-order valence-electron chi connectivity index (χ1n) is 6.54. The predicted octanol–water partition coefficient (Wildman–Crippen LogP) is 2.20. The van der Waals surface area contributed by atoms with E-state index in [1.165, 1.54) is 0 Å². The topological polar surface area (TPSA) is 58.4 Å². The zero-order chi connectivity index (χ0) is 13.3. The molecule has 0 saturated carbocycles. The van der Waals surface area contributed by atoms with Gasteiger partial charge in [0, 0.05) is 18.5 Å². The molecule has 118 valence electrons. The summed E-state index contributed by atoms with van der Waals surface area (Å²) < 4.78 is 0. The highest BCUT2D eigenvalue weighted by molar-refractivity contribution is 5.85. The second-order valence-corrected chi connectivity index (χ2v) is 5.44. The molecule has 0 aromatic heterocycles. The number of nitrogens with two attached hydrogens (primary N) is 1. The molecule has 0 aliphatic heterocycles. The van der Waals surface area contributed by atoms with E-state index in [1.807, 2.05) is 14.1 Å². The standard InChI is InChI=1S/C13H29N3O.2ClH/c1-13(2,16(3)4)11-15-12(17)9-7-5-6-8-10-14;;/h5-11,14H2,1-4H3,(H,15,17);2*1H. The van der Waals surface area contributed by atoms with E-state index in [0.717, 1.165) is 32.2 Å². The molecule has 0 heterocycles. The van der Waals surface area contributed by atoms with Crippen molar-refractivity contribution in [3.8, 4) is 0 Å². The van der Waals surface area contributed by atoms with Crippen LogP contribution in [0.4, 0.5) is 0 Å². The van der Waals surface area contributed by atoms with Gasteiger partial charge in [0.05, 0.1) is 0 Å². The molecule has 1 amide bonds. The lowest BCUT2D eigenvalue weighted by atomic mass is 10.0. The Kier molecular flexibility index (Phi) is 16.4. The molecule has 0 aromatic carbocycles. The zero-order valence-corrected chi connectivity index (χ0v) is 14.3. The van der Waals surface area contributed by atoms with Crippen LogP contribution in [-0.2, 0) is 4.79 Å². The molecular weight excluding hydrogens is 285 g/mol. The molecular formula is C13H31Cl2N3O. The van der Waals surface area contributed by atoms with E-state index in [4.69, 9.17) is 5.73 Å². The third-order valence-corrected chi connectivity index (χ3v) is 3.29. The second kappa shape index (κ2) is 13.0. The van der Waals surface area contributed by atoms with Crippen molar-refractivity contribution in [3.05, 3.63) is 0 Å². The molecule has 0 aromatic rings. The monoisotopic (exact) mass is 315 g/mol. The molecule has 0 spiro atoms. The van der Waals surface area contributed by atoms with E-state index in [0.29, 0.717) is 13.0 Å². The number of nitrogens with one attached hydrogen (secondary N) is 1. The van der Waals surface area contributed by atoms with Gasteiger partial charge in [-0.3, -0.25) is 4.79 Å². The summed E-state index contributed by atoms with van der Waals surface area (Å²) in [6.07, 6.45) is 4.90. The van der Waals surface area contributed by atoms with Gasteiger partial charge >= 0.3 is 0 Å². The number of unbranched alkanes of at least 4 members (excludes halogenated alkanes) is 3. The Labute approximate surface area is 130 Å². The van der Waals surface area contributed by atoms with Gasteiger partial charge in [0.15, 0.2) is 0 Å². The molecule has 0 aliphatic carbocycles. The number of carbonyl (C=O) groups is 1. The van der Waals surface area contributed by atoms with E-state index >= 15 is 0 Å². The number of hydrogen-bond donors (Lipinski definition) is 2. The van der Waals surface area contributed by atoms with Gasteiger partial charge in [-0.05, 0) is 47.3 Å². The maximum atomic E-state index is 11.6. The van der Waals surface area contributed by atoms with Crippen molar-refractivity contribution in [2.24, 2.45) is 5.73 Å². The lowest BCUT2D eigenvalue weighted by Crippen LogP contribution is -2.48. The zero-order valence-electron chi connectivity index (χ0n) is 12.7. The Hall–Kier alpha value is -0.0300. The molecule has 0 aliphatic rings. The third-order valence-electron chi connectivity index (χ3n) is 3.29. The van der Waals surface area contributed by atoms with Gasteiger partial charge in [-0.1, -0.05) is 12.8 Å². The van der Waals surface area contributed by atoms with Gasteiger partial charge in [-0.15, -0.1) is 24.8 Å². The highest BCUT2D eigenvalue weighted by Crippen LogP contribution is 2.08. The van der Waals surface area contributed by atoms with Gasteiger partial charge < -0.3 is 16.0 Å². The summed E-state index contributed by atoms with van der Waals surface area (Å²) in [6, 6.07) is 0. The lowest BCUT2D eigenvalue weighted by Gasteiger charge is -2.32. The third kappa shape index (κ3) is 12.7. The molecule has 0 fully saturated rings. The lowest BCUT2D eigenvalue weighted by molar-refractivity contribution is -0.121. The summed E-state index contributed by atoms with van der Waals surface area (Å²) in [5, 5.41) is 2.99. The van der Waals surface area contributed by atoms with Crippen LogP contribution in [0.15, 0.2) is 0 Å². The summed E-state index contributed by atoms with van der Waals surface area (Å²) in [5.41, 5.74) is 5.42. The van der Waals surface area contributed by atoms with Crippen LogP contribution in [0.3, 0.4) is 0 Å². The van der Waals surface area contributed by atoms with Crippen LogP contribution in [0.25, 0.3) is 0 Å². The molecule has 0 unspecified atom stereocenters. The highest BCUT2D eigenvalue weighted by Gasteiger charge is 2.20. The van der Waals surface area contributed by atoms with Crippen LogP contribution in [0.2, 0.25) is 0 Å². The van der Waals surface area contributed by atoms with Gasteiger partial charge in [0.1, 0.15) is 0 Å². The van der Waals surface area contributed by atoms with Crippen LogP contribution < -0.4 is 11.1 Å². The number of amides is 1. The Morgan fingerprint density at radius 2 is 1.63 bits per heavy atom. The number of halogens is 2. The molecule has 3 N–H and O–H groups in total. The number of likely N-dealkylation sites (N-methyl/N-ethyl adjacent to an activating group) is 1. The van der Waals surface area contributed by atoms with Crippen molar-refractivity contribution in [2.75, 3.05) is 27.2 Å². The number of carbonyl (C=O) groups excluding carboxylic acids is 1. The summed E-state index contributed by atoms with van der Waals surface area (Å²) >= 11 is 0. The van der Waals surface area contributed by atoms with Crippen LogP contribution in [0.1, 0.15) is 46.0 Å². The Bertz CT molecular complexity index is 224. The number of nitrogens with zero attached hydrogens (tertiary/aromatic N) is 1. The number of hydrogen-bond acceptors (Lipinski definition) is 3. The molecule has 0 rings (SSSR count). The first kappa shape index (κ1) is 24.0. The van der Waals surface area contributed by atoms with Gasteiger partial charge in [-0.2, -0.15) is 0 Å². The van der Waals surface area contributed by atoms with Crippen LogP contribution in [-0.4, -0.2) is 43.5 Å². The molecule has 0 atom stereocenters. The van der Waals surface area contributed by atoms with E-state index in [1.54, 1.807) is 0 Å². The first-order valence-corrected chi connectivity index (χ1v) is 6.54. The highest BCUT2D eigenvalue weighted by atomic mass is 35.5. The quantitative estimate of drug-likeness (QED) is 0.641. The Morgan fingerprint density at radius 3 is 2.11 bits per heavy atom. The van der Waals surface area contributed by atoms with Crippen LogP contribution in [0, 0.1) is 0 Å². The summed E-state index contributed by atoms with van der Waals surface area (Å²) in [4.78, 5) is 13.7. The average Bonchev–Trinajstić information content (AvgIpc) is 2.26. The van der Waals surface area contributed by atoms with Crippen molar-refractivity contribution in [1.82, 2.24) is 10.2 Å². The minimum Gasteiger partial charge on any atom is -0.354 e. The number of rotatable bonds is 9. The average molecular weight is 316 g/mol. The molecule has 0 radical (unpaired) electrons. The summed E-state index contributed by atoms with van der Waals surface area (Å²) in [7, 11) is 4.05. The summed E-state index contributed by atoms with van der Waals surface area (Å²) in [5.74, 6) is 0.160. The second-order valence-electron chi connectivity index (χ2n) is 5.44. The predicted molar refractivity (Wildman–Crippen MR) is 87.4 cm³/mol. The maximum Gasteiger partial charge on any atom is 0.220 e.